The Hall–Kier alpha value is -0.340. The Labute approximate surface area is 180 Å². The second-order valence-corrected chi connectivity index (χ2v) is 9.11. The minimum atomic E-state index is 0. The molecule has 2 saturated heterocycles. The van der Waals surface area contributed by atoms with Gasteiger partial charge in [0, 0.05) is 38.1 Å². The lowest BCUT2D eigenvalue weighted by atomic mass is 9.92. The summed E-state index contributed by atoms with van der Waals surface area (Å²) in [5.74, 6) is 3.42. The minimum absolute atomic E-state index is 0. The smallest absolute Gasteiger partial charge is 0.193 e. The summed E-state index contributed by atoms with van der Waals surface area (Å²) in [4.78, 5) is 11.1. The summed E-state index contributed by atoms with van der Waals surface area (Å²) in [6, 6.07) is 4.41. The molecular formula is C20H35IN4S. The molecule has 148 valence electrons. The Bertz CT molecular complexity index is 530. The summed E-state index contributed by atoms with van der Waals surface area (Å²) in [6.45, 7) is 11.6. The average molecular weight is 490 g/mol. The largest absolute Gasteiger partial charge is 0.356 e. The molecule has 0 saturated carbocycles. The summed E-state index contributed by atoms with van der Waals surface area (Å²) in [5.41, 5.74) is 0. The molecule has 6 heteroatoms. The molecule has 2 atom stereocenters. The predicted molar refractivity (Wildman–Crippen MR) is 124 cm³/mol. The molecule has 0 amide bonds. The molecular weight excluding hydrogens is 455 g/mol. The van der Waals surface area contributed by atoms with Gasteiger partial charge in [-0.3, -0.25) is 9.89 Å². The van der Waals surface area contributed by atoms with Crippen LogP contribution in [0.1, 0.15) is 38.0 Å². The van der Waals surface area contributed by atoms with Gasteiger partial charge in [0.2, 0.25) is 0 Å². The van der Waals surface area contributed by atoms with E-state index in [0.29, 0.717) is 0 Å². The lowest BCUT2D eigenvalue weighted by Gasteiger charge is -2.38. The fraction of sp³-hybridized carbons (Fsp3) is 0.750. The highest BCUT2D eigenvalue weighted by atomic mass is 127. The van der Waals surface area contributed by atoms with Crippen LogP contribution >= 0.6 is 35.3 Å². The van der Waals surface area contributed by atoms with Gasteiger partial charge in [-0.1, -0.05) is 19.9 Å². The van der Waals surface area contributed by atoms with Crippen LogP contribution in [0.2, 0.25) is 0 Å². The van der Waals surface area contributed by atoms with E-state index in [1.807, 2.05) is 18.4 Å². The van der Waals surface area contributed by atoms with Crippen LogP contribution in [-0.2, 0) is 6.54 Å². The Morgan fingerprint density at radius 2 is 1.92 bits per heavy atom. The molecule has 2 fully saturated rings. The van der Waals surface area contributed by atoms with E-state index in [0.717, 1.165) is 49.9 Å². The first-order valence-corrected chi connectivity index (χ1v) is 10.7. The maximum absolute atomic E-state index is 4.55. The van der Waals surface area contributed by atoms with Crippen LogP contribution in [0.5, 0.6) is 0 Å². The van der Waals surface area contributed by atoms with Crippen molar-refractivity contribution in [2.45, 2.75) is 39.7 Å². The van der Waals surface area contributed by atoms with Crippen LogP contribution in [0.15, 0.2) is 22.5 Å². The summed E-state index contributed by atoms with van der Waals surface area (Å²) in [7, 11) is 1.93. The maximum Gasteiger partial charge on any atom is 0.193 e. The van der Waals surface area contributed by atoms with E-state index in [4.69, 9.17) is 0 Å². The van der Waals surface area contributed by atoms with Crippen LogP contribution in [0.4, 0.5) is 0 Å². The van der Waals surface area contributed by atoms with Gasteiger partial charge in [0.1, 0.15) is 0 Å². The second kappa shape index (κ2) is 10.9. The van der Waals surface area contributed by atoms with Gasteiger partial charge in [0.15, 0.2) is 5.96 Å². The molecule has 0 aliphatic carbocycles. The number of rotatable bonds is 4. The van der Waals surface area contributed by atoms with Gasteiger partial charge in [-0.15, -0.1) is 35.3 Å². The van der Waals surface area contributed by atoms with Gasteiger partial charge in [-0.05, 0) is 61.6 Å². The topological polar surface area (TPSA) is 30.9 Å². The second-order valence-electron chi connectivity index (χ2n) is 8.08. The molecule has 3 rings (SSSR count). The summed E-state index contributed by atoms with van der Waals surface area (Å²) in [6.07, 6.45) is 3.93. The minimum Gasteiger partial charge on any atom is -0.356 e. The fourth-order valence-corrected chi connectivity index (χ4v) is 5.12. The molecule has 0 bridgehead atoms. The number of thiophene rings is 1. The van der Waals surface area contributed by atoms with Crippen molar-refractivity contribution in [3.05, 3.63) is 22.4 Å². The molecule has 26 heavy (non-hydrogen) atoms. The zero-order valence-corrected chi connectivity index (χ0v) is 19.6. The Morgan fingerprint density at radius 3 is 2.50 bits per heavy atom. The predicted octanol–water partition coefficient (Wildman–Crippen LogP) is 4.13. The van der Waals surface area contributed by atoms with Crippen molar-refractivity contribution in [2.75, 3.05) is 39.8 Å². The van der Waals surface area contributed by atoms with Gasteiger partial charge in [-0.2, -0.15) is 0 Å². The average Bonchev–Trinajstić information content (AvgIpc) is 3.09. The van der Waals surface area contributed by atoms with E-state index in [2.05, 4.69) is 51.5 Å². The van der Waals surface area contributed by atoms with Gasteiger partial charge in [-0.25, -0.2) is 0 Å². The highest BCUT2D eigenvalue weighted by Crippen LogP contribution is 2.22. The van der Waals surface area contributed by atoms with Crippen LogP contribution in [-0.4, -0.2) is 55.5 Å². The first-order chi connectivity index (χ1) is 12.1. The van der Waals surface area contributed by atoms with Crippen molar-refractivity contribution in [3.63, 3.8) is 0 Å². The zero-order chi connectivity index (χ0) is 17.6. The van der Waals surface area contributed by atoms with E-state index in [-0.39, 0.29) is 24.0 Å². The van der Waals surface area contributed by atoms with Gasteiger partial charge >= 0.3 is 0 Å². The summed E-state index contributed by atoms with van der Waals surface area (Å²) >= 11 is 1.88. The number of likely N-dealkylation sites (tertiary alicyclic amines) is 2. The maximum atomic E-state index is 4.55. The molecule has 2 aliphatic heterocycles. The molecule has 4 nitrogen and oxygen atoms in total. The number of hydrogen-bond donors (Lipinski definition) is 1. The number of nitrogens with zero attached hydrogens (tertiary/aromatic N) is 3. The van der Waals surface area contributed by atoms with Gasteiger partial charge in [0.05, 0.1) is 0 Å². The van der Waals surface area contributed by atoms with E-state index < -0.39 is 0 Å². The lowest BCUT2D eigenvalue weighted by molar-refractivity contribution is 0.176. The molecule has 1 N–H and O–H groups in total. The Morgan fingerprint density at radius 1 is 1.23 bits per heavy atom. The standard InChI is InChI=1S/C20H34N4S.HI/c1-16-11-17(2)14-24(13-16)20(21-3)22-12-18-6-8-23(9-7-18)15-19-5-4-10-25-19;/h4-5,10,16-18H,6-9,11-15H2,1-3H3,(H,21,22);1H. The normalized spacial score (nSPS) is 25.8. The zero-order valence-electron chi connectivity index (χ0n) is 16.5. The molecule has 0 aromatic carbocycles. The van der Waals surface area contributed by atoms with Crippen molar-refractivity contribution < 1.29 is 0 Å². The number of halogens is 1. The van der Waals surface area contributed by atoms with Gasteiger partial charge < -0.3 is 10.2 Å². The molecule has 1 aromatic heterocycles. The number of aliphatic imine (C=N–C) groups is 1. The summed E-state index contributed by atoms with van der Waals surface area (Å²) in [5, 5.41) is 5.85. The number of nitrogens with one attached hydrogen (secondary N) is 1. The third kappa shape index (κ3) is 6.37. The SMILES string of the molecule is CN=C(NCC1CCN(Cc2cccs2)CC1)N1CC(C)CC(C)C1.I. The highest BCUT2D eigenvalue weighted by molar-refractivity contribution is 14.0. The fourth-order valence-electron chi connectivity index (χ4n) is 4.38. The van der Waals surface area contributed by atoms with Crippen molar-refractivity contribution >= 4 is 41.3 Å². The van der Waals surface area contributed by atoms with E-state index >= 15 is 0 Å². The highest BCUT2D eigenvalue weighted by Gasteiger charge is 2.25. The lowest BCUT2D eigenvalue weighted by Crippen LogP contribution is -2.50. The van der Waals surface area contributed by atoms with Crippen LogP contribution in [0, 0.1) is 17.8 Å². The number of guanidine groups is 1. The molecule has 2 unspecified atom stereocenters. The molecule has 3 heterocycles. The van der Waals surface area contributed by atoms with Crippen molar-refractivity contribution in [1.29, 1.82) is 0 Å². The van der Waals surface area contributed by atoms with E-state index in [1.54, 1.807) is 0 Å². The van der Waals surface area contributed by atoms with Crippen LogP contribution in [0.3, 0.4) is 0 Å². The molecule has 0 spiro atoms. The van der Waals surface area contributed by atoms with Gasteiger partial charge in [0.25, 0.3) is 0 Å². The van der Waals surface area contributed by atoms with E-state index in [1.165, 1.54) is 37.2 Å². The van der Waals surface area contributed by atoms with Crippen molar-refractivity contribution in [3.8, 4) is 0 Å². The summed E-state index contributed by atoms with van der Waals surface area (Å²) < 4.78 is 0. The third-order valence-electron chi connectivity index (χ3n) is 5.60. The molecule has 0 radical (unpaired) electrons. The number of hydrogen-bond acceptors (Lipinski definition) is 3. The van der Waals surface area contributed by atoms with E-state index in [9.17, 15) is 0 Å². The Kier molecular flexibility index (Phi) is 9.17. The van der Waals surface area contributed by atoms with Crippen molar-refractivity contribution in [2.24, 2.45) is 22.7 Å². The first kappa shape index (κ1) is 22.0. The monoisotopic (exact) mass is 490 g/mol. The first-order valence-electron chi connectivity index (χ1n) is 9.84. The third-order valence-corrected chi connectivity index (χ3v) is 6.46. The van der Waals surface area contributed by atoms with Crippen molar-refractivity contribution in [1.82, 2.24) is 15.1 Å². The molecule has 1 aromatic rings. The van der Waals surface area contributed by atoms with Crippen LogP contribution < -0.4 is 5.32 Å². The molecule has 2 aliphatic rings. The Balaban J connectivity index is 0.00000243. The number of piperidine rings is 2. The quantitative estimate of drug-likeness (QED) is 0.391. The van der Waals surface area contributed by atoms with Crippen LogP contribution in [0.25, 0.3) is 0 Å².